The van der Waals surface area contributed by atoms with E-state index >= 15 is 0 Å². The molecule has 0 aromatic heterocycles. The van der Waals surface area contributed by atoms with Crippen molar-refractivity contribution in [2.24, 2.45) is 10.2 Å². The first kappa shape index (κ1) is 12.8. The Bertz CT molecular complexity index is 487. The third-order valence-electron chi connectivity index (χ3n) is 4.83. The molecule has 1 unspecified atom stereocenters. The third kappa shape index (κ3) is 2.02. The van der Waals surface area contributed by atoms with Crippen molar-refractivity contribution >= 4 is 13.3 Å². The summed E-state index contributed by atoms with van der Waals surface area (Å²) in [7, 11) is 0.151. The van der Waals surface area contributed by atoms with E-state index in [9.17, 15) is 0 Å². The van der Waals surface area contributed by atoms with Gasteiger partial charge in [0, 0.05) is 5.54 Å². The second-order valence-corrected chi connectivity index (χ2v) is 10.9. The van der Waals surface area contributed by atoms with Gasteiger partial charge in [-0.3, -0.25) is 0 Å². The zero-order valence-electron chi connectivity index (χ0n) is 12.0. The van der Waals surface area contributed by atoms with Gasteiger partial charge < -0.3 is 4.74 Å². The van der Waals surface area contributed by atoms with Crippen LogP contribution in [0, 0.1) is 0 Å². The first-order valence-corrected chi connectivity index (χ1v) is 10.3. The van der Waals surface area contributed by atoms with Crippen LogP contribution in [0.2, 0.25) is 18.6 Å². The molecule has 4 heteroatoms. The minimum Gasteiger partial charge on any atom is -0.497 e. The molecular weight excluding hydrogens is 252 g/mol. The second kappa shape index (κ2) is 4.74. The monoisotopic (exact) mass is 274 g/mol. The van der Waals surface area contributed by atoms with Gasteiger partial charge in [-0.2, -0.15) is 10.2 Å². The highest BCUT2D eigenvalue weighted by atomic mass is 28.3. The van der Waals surface area contributed by atoms with Gasteiger partial charge in [0.05, 0.1) is 27.3 Å². The van der Waals surface area contributed by atoms with Gasteiger partial charge in [0.25, 0.3) is 0 Å². The lowest BCUT2D eigenvalue weighted by molar-refractivity contribution is 0.416. The molecule has 0 N–H and O–H groups in total. The summed E-state index contributed by atoms with van der Waals surface area (Å²) in [6, 6.07) is 9.45. The van der Waals surface area contributed by atoms with Gasteiger partial charge in [0.2, 0.25) is 0 Å². The molecule has 0 saturated heterocycles. The molecule has 0 spiro atoms. The minimum atomic E-state index is -1.62. The molecule has 0 amide bonds. The Balaban J connectivity index is 1.98. The fourth-order valence-corrected chi connectivity index (χ4v) is 8.00. The number of azo groups is 1. The molecule has 1 aliphatic carbocycles. The molecule has 1 heterocycles. The zero-order valence-corrected chi connectivity index (χ0v) is 13.0. The Kier molecular flexibility index (Phi) is 3.21. The fraction of sp³-hybridized carbons (Fsp3) is 0.600. The maximum Gasteiger partial charge on any atom is 0.118 e. The van der Waals surface area contributed by atoms with E-state index in [1.165, 1.54) is 24.4 Å². The highest BCUT2D eigenvalue weighted by Crippen LogP contribution is 2.45. The highest BCUT2D eigenvalue weighted by molar-refractivity contribution is 6.92. The van der Waals surface area contributed by atoms with Crippen LogP contribution < -0.4 is 9.92 Å². The summed E-state index contributed by atoms with van der Waals surface area (Å²) in [5, 5.41) is 10.5. The normalized spacial score (nSPS) is 29.5. The Morgan fingerprint density at radius 3 is 2.37 bits per heavy atom. The van der Waals surface area contributed by atoms with Crippen LogP contribution in [0.4, 0.5) is 0 Å². The van der Waals surface area contributed by atoms with E-state index in [1.807, 2.05) is 0 Å². The average molecular weight is 274 g/mol. The van der Waals surface area contributed by atoms with Crippen LogP contribution >= 0.6 is 0 Å². The first-order chi connectivity index (χ1) is 9.14. The van der Waals surface area contributed by atoms with E-state index in [0.717, 1.165) is 5.75 Å². The number of rotatable bonds is 3. The van der Waals surface area contributed by atoms with E-state index in [4.69, 9.17) is 4.74 Å². The molecule has 2 bridgehead atoms. The van der Waals surface area contributed by atoms with Crippen molar-refractivity contribution in [2.75, 3.05) is 7.11 Å². The van der Waals surface area contributed by atoms with Crippen LogP contribution in [-0.4, -0.2) is 27.3 Å². The highest BCUT2D eigenvalue weighted by Gasteiger charge is 2.49. The van der Waals surface area contributed by atoms with Crippen LogP contribution in [0.25, 0.3) is 0 Å². The van der Waals surface area contributed by atoms with Gasteiger partial charge in [-0.15, -0.1) is 0 Å². The topological polar surface area (TPSA) is 34.0 Å². The predicted molar refractivity (Wildman–Crippen MR) is 80.1 cm³/mol. The van der Waals surface area contributed by atoms with Crippen LogP contribution in [-0.2, 0) is 0 Å². The summed E-state index contributed by atoms with van der Waals surface area (Å²) in [6.07, 6.45) is 3.72. The second-order valence-electron chi connectivity index (χ2n) is 6.24. The molecule has 1 aliphatic heterocycles. The summed E-state index contributed by atoms with van der Waals surface area (Å²) in [6.45, 7) is 4.91. The van der Waals surface area contributed by atoms with Gasteiger partial charge in [0.1, 0.15) is 5.75 Å². The Labute approximate surface area is 116 Å². The number of benzene rings is 1. The van der Waals surface area contributed by atoms with Crippen molar-refractivity contribution in [1.82, 2.24) is 0 Å². The summed E-state index contributed by atoms with van der Waals surface area (Å²) in [5.41, 5.74) is 0.651. The summed E-state index contributed by atoms with van der Waals surface area (Å²) < 4.78 is 5.59. The molecule has 1 aromatic rings. The zero-order chi connectivity index (χ0) is 13.5. The minimum absolute atomic E-state index is 0.463. The van der Waals surface area contributed by atoms with Gasteiger partial charge in [-0.05, 0) is 30.5 Å². The summed E-state index contributed by atoms with van der Waals surface area (Å²) >= 11 is 0. The lowest BCUT2D eigenvalue weighted by Crippen LogP contribution is -2.53. The number of ether oxygens (including phenoxy) is 1. The van der Waals surface area contributed by atoms with Gasteiger partial charge in [-0.1, -0.05) is 31.3 Å². The number of hydrogen-bond donors (Lipinski definition) is 0. The predicted octanol–water partition coefficient (Wildman–Crippen LogP) is 3.37. The van der Waals surface area contributed by atoms with Crippen molar-refractivity contribution < 1.29 is 4.74 Å². The fourth-order valence-electron chi connectivity index (χ4n) is 3.90. The van der Waals surface area contributed by atoms with Crippen LogP contribution in [0.15, 0.2) is 34.5 Å². The molecule has 19 heavy (non-hydrogen) atoms. The van der Waals surface area contributed by atoms with Gasteiger partial charge in [-0.25, -0.2) is 0 Å². The maximum atomic E-state index is 5.59. The Hall–Kier alpha value is -1.16. The van der Waals surface area contributed by atoms with E-state index in [-0.39, 0.29) is 0 Å². The molecule has 1 aromatic carbocycles. The number of hydrogen-bond acceptors (Lipinski definition) is 3. The lowest BCUT2D eigenvalue weighted by atomic mass is 9.93. The van der Waals surface area contributed by atoms with E-state index in [1.54, 1.807) is 7.11 Å². The van der Waals surface area contributed by atoms with Crippen molar-refractivity contribution in [3.05, 3.63) is 24.3 Å². The average Bonchev–Trinajstić information content (AvgIpc) is 2.70. The molecule has 102 valence electrons. The van der Waals surface area contributed by atoms with E-state index < -0.39 is 8.07 Å². The molecule has 1 saturated carbocycles. The van der Waals surface area contributed by atoms with Crippen molar-refractivity contribution in [2.45, 2.75) is 50.0 Å². The van der Waals surface area contributed by atoms with Crippen molar-refractivity contribution in [3.8, 4) is 5.75 Å². The van der Waals surface area contributed by atoms with E-state index in [0.29, 0.717) is 17.6 Å². The van der Waals surface area contributed by atoms with Crippen LogP contribution in [0.1, 0.15) is 19.3 Å². The standard InChI is InChI=1S/C15H22N2OSi/c1-18-13-9-4-5-10-14(13)19(2,3)15-11-7-6-8-12(15)17-16-11/h4-5,9-12,15H,6-8H2,1-3H3/t11-,12+,15?. The molecule has 3 atom stereocenters. The third-order valence-corrected chi connectivity index (χ3v) is 9.06. The van der Waals surface area contributed by atoms with Crippen LogP contribution in [0.3, 0.4) is 0 Å². The summed E-state index contributed by atoms with van der Waals surface area (Å²) in [5.74, 6) is 1.05. The SMILES string of the molecule is COc1ccccc1[Si](C)(C)C1[C@@H]2CCC[C@H]1N=N2. The first-order valence-electron chi connectivity index (χ1n) is 7.18. The smallest absolute Gasteiger partial charge is 0.118 e. The Morgan fingerprint density at radius 2 is 1.74 bits per heavy atom. The number of fused-ring (bicyclic) bond motifs is 2. The molecule has 2 aliphatic rings. The molecule has 1 fully saturated rings. The van der Waals surface area contributed by atoms with Crippen molar-refractivity contribution in [3.63, 3.8) is 0 Å². The summed E-state index contributed by atoms with van der Waals surface area (Å²) in [4.78, 5) is 0. The lowest BCUT2D eigenvalue weighted by Gasteiger charge is -2.39. The van der Waals surface area contributed by atoms with Crippen molar-refractivity contribution in [1.29, 1.82) is 0 Å². The Morgan fingerprint density at radius 1 is 1.11 bits per heavy atom. The number of methoxy groups -OCH3 is 1. The molecular formula is C15H22N2OSi. The molecule has 0 radical (unpaired) electrons. The largest absolute Gasteiger partial charge is 0.497 e. The van der Waals surface area contributed by atoms with Gasteiger partial charge >= 0.3 is 0 Å². The quantitative estimate of drug-likeness (QED) is 0.778. The molecule has 3 nitrogen and oxygen atoms in total. The van der Waals surface area contributed by atoms with E-state index in [2.05, 4.69) is 47.6 Å². The number of nitrogens with zero attached hydrogens (tertiary/aromatic N) is 2. The maximum absolute atomic E-state index is 5.59. The van der Waals surface area contributed by atoms with Crippen LogP contribution in [0.5, 0.6) is 5.75 Å². The molecule has 3 rings (SSSR count). The number of para-hydroxylation sites is 1. The van der Waals surface area contributed by atoms with Gasteiger partial charge in [0.15, 0.2) is 0 Å².